The standard InChI is InChI=1S/C11H10Br2N2O2S2/c1-7-15-9(6-18-7)5-14-19(16,17)11-4-8(12)2-3-10(11)13/h2-4,6,14H,5H2,1H3. The molecular formula is C11H10Br2N2O2S2. The number of aromatic nitrogens is 1. The van der Waals surface area contributed by atoms with Crippen molar-refractivity contribution in [2.75, 3.05) is 0 Å². The van der Waals surface area contributed by atoms with E-state index in [9.17, 15) is 8.42 Å². The van der Waals surface area contributed by atoms with Crippen molar-refractivity contribution >= 4 is 53.2 Å². The van der Waals surface area contributed by atoms with Crippen LogP contribution in [0, 0.1) is 6.92 Å². The number of nitrogens with zero attached hydrogens (tertiary/aromatic N) is 1. The van der Waals surface area contributed by atoms with Gasteiger partial charge in [0.25, 0.3) is 0 Å². The van der Waals surface area contributed by atoms with Crippen molar-refractivity contribution in [2.45, 2.75) is 18.4 Å². The Morgan fingerprint density at radius 2 is 2.11 bits per heavy atom. The molecule has 1 heterocycles. The highest BCUT2D eigenvalue weighted by molar-refractivity contribution is 9.11. The third kappa shape index (κ3) is 3.85. The molecule has 0 spiro atoms. The fourth-order valence-corrected chi connectivity index (χ4v) is 4.53. The molecule has 0 aliphatic carbocycles. The third-order valence-electron chi connectivity index (χ3n) is 2.29. The van der Waals surface area contributed by atoms with Gasteiger partial charge in [-0.25, -0.2) is 18.1 Å². The summed E-state index contributed by atoms with van der Waals surface area (Å²) in [5.41, 5.74) is 0.720. The Kier molecular flexibility index (Phi) is 4.78. The van der Waals surface area contributed by atoms with Gasteiger partial charge in [0.15, 0.2) is 0 Å². The van der Waals surface area contributed by atoms with Crippen LogP contribution in [-0.4, -0.2) is 13.4 Å². The second-order valence-electron chi connectivity index (χ2n) is 3.76. The number of benzene rings is 1. The molecule has 0 aliphatic heterocycles. The van der Waals surface area contributed by atoms with E-state index in [4.69, 9.17) is 0 Å². The lowest BCUT2D eigenvalue weighted by Crippen LogP contribution is -2.23. The van der Waals surface area contributed by atoms with Gasteiger partial charge < -0.3 is 0 Å². The van der Waals surface area contributed by atoms with Gasteiger partial charge in [-0.3, -0.25) is 0 Å². The molecule has 0 aliphatic rings. The zero-order valence-corrected chi connectivity index (χ0v) is 14.7. The second-order valence-corrected chi connectivity index (χ2v) is 8.32. The highest BCUT2D eigenvalue weighted by Gasteiger charge is 2.18. The maximum absolute atomic E-state index is 12.2. The van der Waals surface area contributed by atoms with Gasteiger partial charge in [0.2, 0.25) is 10.0 Å². The molecule has 0 radical (unpaired) electrons. The molecule has 4 nitrogen and oxygen atoms in total. The Morgan fingerprint density at radius 3 is 2.74 bits per heavy atom. The van der Waals surface area contributed by atoms with Crippen LogP contribution in [0.25, 0.3) is 0 Å². The highest BCUT2D eigenvalue weighted by atomic mass is 79.9. The maximum Gasteiger partial charge on any atom is 0.242 e. The third-order valence-corrected chi connectivity index (χ3v) is 6.00. The largest absolute Gasteiger partial charge is 0.245 e. The molecule has 1 N–H and O–H groups in total. The molecule has 1 aromatic heterocycles. The van der Waals surface area contributed by atoms with Crippen LogP contribution in [-0.2, 0) is 16.6 Å². The lowest BCUT2D eigenvalue weighted by molar-refractivity contribution is 0.580. The number of hydrogen-bond acceptors (Lipinski definition) is 4. The summed E-state index contributed by atoms with van der Waals surface area (Å²) in [5, 5.41) is 2.76. The molecule has 0 saturated carbocycles. The number of halogens is 2. The Morgan fingerprint density at radius 1 is 1.37 bits per heavy atom. The molecule has 0 bridgehead atoms. The van der Waals surface area contributed by atoms with Crippen molar-refractivity contribution in [3.05, 3.63) is 43.2 Å². The molecule has 0 unspecified atom stereocenters. The predicted molar refractivity (Wildman–Crippen MR) is 82.7 cm³/mol. The molecule has 8 heteroatoms. The van der Waals surface area contributed by atoms with Crippen LogP contribution in [0.3, 0.4) is 0 Å². The molecule has 0 amide bonds. The van der Waals surface area contributed by atoms with E-state index in [0.717, 1.165) is 10.7 Å². The van der Waals surface area contributed by atoms with Crippen molar-refractivity contribution in [3.63, 3.8) is 0 Å². The van der Waals surface area contributed by atoms with Crippen LogP contribution in [0.15, 0.2) is 37.4 Å². The summed E-state index contributed by atoms with van der Waals surface area (Å²) in [6.45, 7) is 2.07. The predicted octanol–water partition coefficient (Wildman–Crippen LogP) is 3.46. The normalized spacial score (nSPS) is 11.7. The molecule has 1 aromatic carbocycles. The molecule has 19 heavy (non-hydrogen) atoms. The van der Waals surface area contributed by atoms with E-state index in [1.165, 1.54) is 11.3 Å². The number of nitrogens with one attached hydrogen (secondary N) is 1. The Hall–Kier alpha value is -0.280. The van der Waals surface area contributed by atoms with Gasteiger partial charge in [-0.2, -0.15) is 0 Å². The van der Waals surface area contributed by atoms with Gasteiger partial charge in [0, 0.05) is 14.3 Å². The highest BCUT2D eigenvalue weighted by Crippen LogP contribution is 2.25. The first-order valence-electron chi connectivity index (χ1n) is 5.24. The van der Waals surface area contributed by atoms with Crippen LogP contribution >= 0.6 is 43.2 Å². The summed E-state index contributed by atoms with van der Waals surface area (Å²) in [6.07, 6.45) is 0. The summed E-state index contributed by atoms with van der Waals surface area (Å²) < 4.78 is 28.2. The number of thiazole rings is 1. The average molecular weight is 426 g/mol. The Bertz CT molecular complexity index is 698. The zero-order chi connectivity index (χ0) is 14.0. The van der Waals surface area contributed by atoms with Crippen molar-refractivity contribution in [2.24, 2.45) is 0 Å². The topological polar surface area (TPSA) is 59.1 Å². The smallest absolute Gasteiger partial charge is 0.242 e. The SMILES string of the molecule is Cc1nc(CNS(=O)(=O)c2cc(Br)ccc2Br)cs1. The minimum Gasteiger partial charge on any atom is -0.245 e. The zero-order valence-electron chi connectivity index (χ0n) is 9.85. The summed E-state index contributed by atoms with van der Waals surface area (Å²) in [6, 6.07) is 5.01. The van der Waals surface area contributed by atoms with Gasteiger partial charge in [-0.1, -0.05) is 15.9 Å². The quantitative estimate of drug-likeness (QED) is 0.815. The minimum atomic E-state index is -3.56. The van der Waals surface area contributed by atoms with E-state index in [1.807, 2.05) is 12.3 Å². The number of rotatable bonds is 4. The van der Waals surface area contributed by atoms with Crippen molar-refractivity contribution in [1.29, 1.82) is 0 Å². The molecule has 0 saturated heterocycles. The molecule has 0 atom stereocenters. The lowest BCUT2D eigenvalue weighted by atomic mass is 10.4. The Labute approximate surface area is 132 Å². The van der Waals surface area contributed by atoms with Crippen LogP contribution in [0.1, 0.15) is 10.7 Å². The first kappa shape index (κ1) is 15.1. The van der Waals surface area contributed by atoms with Gasteiger partial charge >= 0.3 is 0 Å². The molecule has 102 valence electrons. The van der Waals surface area contributed by atoms with Crippen molar-refractivity contribution in [3.8, 4) is 0 Å². The minimum absolute atomic E-state index is 0.186. The van der Waals surface area contributed by atoms with Gasteiger partial charge in [-0.05, 0) is 41.1 Å². The number of hydrogen-bond donors (Lipinski definition) is 1. The molecule has 0 fully saturated rings. The fraction of sp³-hybridized carbons (Fsp3) is 0.182. The van der Waals surface area contributed by atoms with E-state index in [2.05, 4.69) is 41.6 Å². The van der Waals surface area contributed by atoms with E-state index < -0.39 is 10.0 Å². The fourth-order valence-electron chi connectivity index (χ4n) is 1.42. The monoisotopic (exact) mass is 424 g/mol. The first-order chi connectivity index (χ1) is 8.88. The molecular weight excluding hydrogens is 416 g/mol. The van der Waals surface area contributed by atoms with Gasteiger partial charge in [0.05, 0.1) is 22.1 Å². The van der Waals surface area contributed by atoms with Crippen LogP contribution in [0.4, 0.5) is 0 Å². The number of aryl methyl sites for hydroxylation is 1. The Balaban J connectivity index is 2.20. The second kappa shape index (κ2) is 6.01. The van der Waals surface area contributed by atoms with Crippen LogP contribution in [0.2, 0.25) is 0 Å². The summed E-state index contributed by atoms with van der Waals surface area (Å²) in [7, 11) is -3.56. The lowest BCUT2D eigenvalue weighted by Gasteiger charge is -2.08. The van der Waals surface area contributed by atoms with Crippen LogP contribution in [0.5, 0.6) is 0 Å². The van der Waals surface area contributed by atoms with E-state index >= 15 is 0 Å². The van der Waals surface area contributed by atoms with Crippen molar-refractivity contribution < 1.29 is 8.42 Å². The van der Waals surface area contributed by atoms with E-state index in [-0.39, 0.29) is 11.4 Å². The average Bonchev–Trinajstić information content (AvgIpc) is 2.76. The van der Waals surface area contributed by atoms with Crippen molar-refractivity contribution in [1.82, 2.24) is 9.71 Å². The summed E-state index contributed by atoms with van der Waals surface area (Å²) in [4.78, 5) is 4.42. The summed E-state index contributed by atoms with van der Waals surface area (Å²) in [5.74, 6) is 0. The van der Waals surface area contributed by atoms with Gasteiger partial charge in [0.1, 0.15) is 0 Å². The first-order valence-corrected chi connectivity index (χ1v) is 9.19. The van der Waals surface area contributed by atoms with E-state index in [0.29, 0.717) is 8.95 Å². The van der Waals surface area contributed by atoms with E-state index in [1.54, 1.807) is 18.2 Å². The van der Waals surface area contributed by atoms with Gasteiger partial charge in [-0.15, -0.1) is 11.3 Å². The van der Waals surface area contributed by atoms with Crippen LogP contribution < -0.4 is 4.72 Å². The molecule has 2 rings (SSSR count). The molecule has 2 aromatic rings. The maximum atomic E-state index is 12.2. The number of sulfonamides is 1. The summed E-state index contributed by atoms with van der Waals surface area (Å²) >= 11 is 8.00.